The Hall–Kier alpha value is -2.38. The summed E-state index contributed by atoms with van der Waals surface area (Å²) in [7, 11) is 1.52. The molecule has 25 heavy (non-hydrogen) atoms. The molecule has 0 aliphatic rings. The molecule has 0 bridgehead atoms. The van der Waals surface area contributed by atoms with E-state index in [2.05, 4.69) is 20.9 Å². The SMILES string of the molecule is CCOC(=O)c1ccc(-n2cc(Br)c3ncccc32)cc1OCOC. The van der Waals surface area contributed by atoms with Gasteiger partial charge in [-0.3, -0.25) is 4.98 Å². The number of ether oxygens (including phenoxy) is 3. The molecular formula is C18H17BrN2O4. The van der Waals surface area contributed by atoms with Gasteiger partial charge in [-0.05, 0) is 47.1 Å². The third-order valence-electron chi connectivity index (χ3n) is 3.59. The number of hydrogen-bond acceptors (Lipinski definition) is 5. The van der Waals surface area contributed by atoms with Gasteiger partial charge in [-0.25, -0.2) is 4.79 Å². The van der Waals surface area contributed by atoms with Crippen LogP contribution in [0.1, 0.15) is 17.3 Å². The molecule has 3 rings (SSSR count). The minimum absolute atomic E-state index is 0.0353. The van der Waals surface area contributed by atoms with E-state index < -0.39 is 5.97 Å². The van der Waals surface area contributed by atoms with E-state index in [1.165, 1.54) is 7.11 Å². The second kappa shape index (κ2) is 7.67. The standard InChI is InChI=1S/C18H17BrN2O4/c1-3-24-18(22)13-7-6-12(9-16(13)25-11-23-2)21-10-14(19)17-15(21)5-4-8-20-17/h4-10H,3,11H2,1-2H3. The average molecular weight is 405 g/mol. The second-order valence-electron chi connectivity index (χ2n) is 5.17. The molecule has 0 amide bonds. The molecule has 0 radical (unpaired) electrons. The summed E-state index contributed by atoms with van der Waals surface area (Å²) in [6, 6.07) is 9.16. The molecule has 1 aromatic carbocycles. The maximum Gasteiger partial charge on any atom is 0.341 e. The maximum atomic E-state index is 12.1. The van der Waals surface area contributed by atoms with Crippen LogP contribution < -0.4 is 4.74 Å². The normalized spacial score (nSPS) is 10.8. The lowest BCUT2D eigenvalue weighted by Crippen LogP contribution is -2.10. The molecule has 0 N–H and O–H groups in total. The molecule has 0 aliphatic heterocycles. The van der Waals surface area contributed by atoms with Gasteiger partial charge >= 0.3 is 5.97 Å². The number of nitrogens with zero attached hydrogens (tertiary/aromatic N) is 2. The fraction of sp³-hybridized carbons (Fsp3) is 0.222. The number of pyridine rings is 1. The van der Waals surface area contributed by atoms with E-state index in [0.717, 1.165) is 21.2 Å². The first-order valence-electron chi connectivity index (χ1n) is 7.70. The monoisotopic (exact) mass is 404 g/mol. The maximum absolute atomic E-state index is 12.1. The predicted molar refractivity (Wildman–Crippen MR) is 97.2 cm³/mol. The van der Waals surface area contributed by atoms with Crippen molar-refractivity contribution in [2.45, 2.75) is 6.92 Å². The molecule has 7 heteroatoms. The Morgan fingerprint density at radius 3 is 2.92 bits per heavy atom. The first-order chi connectivity index (χ1) is 12.2. The number of esters is 1. The van der Waals surface area contributed by atoms with Crippen molar-refractivity contribution in [2.75, 3.05) is 20.5 Å². The van der Waals surface area contributed by atoms with Crippen molar-refractivity contribution in [3.8, 4) is 11.4 Å². The van der Waals surface area contributed by atoms with Crippen LogP contribution in [-0.4, -0.2) is 36.0 Å². The number of halogens is 1. The number of aromatic nitrogens is 2. The molecule has 0 unspecified atom stereocenters. The highest BCUT2D eigenvalue weighted by atomic mass is 79.9. The van der Waals surface area contributed by atoms with Gasteiger partial charge in [-0.15, -0.1) is 0 Å². The summed E-state index contributed by atoms with van der Waals surface area (Å²) in [5.41, 5.74) is 2.99. The van der Waals surface area contributed by atoms with Crippen LogP contribution in [0.25, 0.3) is 16.7 Å². The van der Waals surface area contributed by atoms with Crippen LogP contribution >= 0.6 is 15.9 Å². The molecule has 0 fully saturated rings. The highest BCUT2D eigenvalue weighted by Gasteiger charge is 2.16. The van der Waals surface area contributed by atoms with E-state index in [4.69, 9.17) is 14.2 Å². The van der Waals surface area contributed by atoms with Gasteiger partial charge in [0.2, 0.25) is 0 Å². The minimum Gasteiger partial charge on any atom is -0.467 e. The zero-order valence-corrected chi connectivity index (χ0v) is 15.4. The van der Waals surface area contributed by atoms with Gasteiger partial charge in [-0.1, -0.05) is 0 Å². The lowest BCUT2D eigenvalue weighted by Gasteiger charge is -2.13. The third kappa shape index (κ3) is 3.52. The van der Waals surface area contributed by atoms with Crippen LogP contribution in [0.3, 0.4) is 0 Å². The molecule has 2 heterocycles. The Labute approximate surface area is 153 Å². The molecule has 0 spiro atoms. The van der Waals surface area contributed by atoms with Gasteiger partial charge < -0.3 is 18.8 Å². The van der Waals surface area contributed by atoms with Crippen molar-refractivity contribution in [2.24, 2.45) is 0 Å². The highest BCUT2D eigenvalue weighted by Crippen LogP contribution is 2.30. The van der Waals surface area contributed by atoms with E-state index in [1.54, 1.807) is 25.3 Å². The predicted octanol–water partition coefficient (Wildman–Crippen LogP) is 3.95. The molecule has 130 valence electrons. The molecule has 3 aromatic rings. The van der Waals surface area contributed by atoms with Gasteiger partial charge in [0.05, 0.1) is 16.6 Å². The summed E-state index contributed by atoms with van der Waals surface area (Å²) in [5.74, 6) is -0.0278. The number of fused-ring (bicyclic) bond motifs is 1. The smallest absolute Gasteiger partial charge is 0.341 e. The van der Waals surface area contributed by atoms with Gasteiger partial charge in [0.15, 0.2) is 6.79 Å². The molecule has 0 atom stereocenters. The fourth-order valence-electron chi connectivity index (χ4n) is 2.51. The average Bonchev–Trinajstić information content (AvgIpc) is 2.97. The van der Waals surface area contributed by atoms with Crippen LogP contribution in [0, 0.1) is 0 Å². The van der Waals surface area contributed by atoms with Crippen LogP contribution in [-0.2, 0) is 9.47 Å². The second-order valence-corrected chi connectivity index (χ2v) is 6.02. The van der Waals surface area contributed by atoms with E-state index in [9.17, 15) is 4.79 Å². The van der Waals surface area contributed by atoms with Gasteiger partial charge in [0, 0.05) is 31.3 Å². The zero-order chi connectivity index (χ0) is 17.8. The number of carbonyl (C=O) groups excluding carboxylic acids is 1. The van der Waals surface area contributed by atoms with Crippen LogP contribution in [0.5, 0.6) is 5.75 Å². The summed E-state index contributed by atoms with van der Waals surface area (Å²) in [4.78, 5) is 16.5. The number of hydrogen-bond donors (Lipinski definition) is 0. The summed E-state index contributed by atoms with van der Waals surface area (Å²) in [6.45, 7) is 2.09. The molecule has 0 aliphatic carbocycles. The molecule has 6 nitrogen and oxygen atoms in total. The van der Waals surface area contributed by atoms with E-state index in [0.29, 0.717) is 17.9 Å². The quantitative estimate of drug-likeness (QED) is 0.459. The van der Waals surface area contributed by atoms with Crippen molar-refractivity contribution in [3.05, 3.63) is 52.8 Å². The van der Waals surface area contributed by atoms with Crippen molar-refractivity contribution < 1.29 is 19.0 Å². The Morgan fingerprint density at radius 2 is 2.16 bits per heavy atom. The highest BCUT2D eigenvalue weighted by molar-refractivity contribution is 9.10. The summed E-state index contributed by atoms with van der Waals surface area (Å²) >= 11 is 3.52. The Balaban J connectivity index is 2.08. The first-order valence-corrected chi connectivity index (χ1v) is 8.50. The van der Waals surface area contributed by atoms with Gasteiger partial charge in [0.25, 0.3) is 0 Å². The fourth-order valence-corrected chi connectivity index (χ4v) is 3.02. The Morgan fingerprint density at radius 1 is 1.32 bits per heavy atom. The molecule has 2 aromatic heterocycles. The summed E-state index contributed by atoms with van der Waals surface area (Å²) < 4.78 is 18.5. The van der Waals surface area contributed by atoms with E-state index in [-0.39, 0.29) is 6.79 Å². The lowest BCUT2D eigenvalue weighted by molar-refractivity contribution is 0.0438. The number of methoxy groups -OCH3 is 1. The van der Waals surface area contributed by atoms with Crippen LogP contribution in [0.4, 0.5) is 0 Å². The van der Waals surface area contributed by atoms with Crippen molar-refractivity contribution in [1.29, 1.82) is 0 Å². The largest absolute Gasteiger partial charge is 0.467 e. The van der Waals surface area contributed by atoms with Gasteiger partial charge in [0.1, 0.15) is 16.8 Å². The van der Waals surface area contributed by atoms with E-state index >= 15 is 0 Å². The van der Waals surface area contributed by atoms with Crippen LogP contribution in [0.2, 0.25) is 0 Å². The molecule has 0 saturated carbocycles. The van der Waals surface area contributed by atoms with Crippen LogP contribution in [0.15, 0.2) is 47.2 Å². The van der Waals surface area contributed by atoms with Gasteiger partial charge in [-0.2, -0.15) is 0 Å². The minimum atomic E-state index is -0.430. The third-order valence-corrected chi connectivity index (χ3v) is 4.17. The van der Waals surface area contributed by atoms with Crippen molar-refractivity contribution >= 4 is 32.9 Å². The Bertz CT molecular complexity index is 907. The van der Waals surface area contributed by atoms with Crippen molar-refractivity contribution in [1.82, 2.24) is 9.55 Å². The summed E-state index contributed by atoms with van der Waals surface area (Å²) in [5, 5.41) is 0. The topological polar surface area (TPSA) is 62.6 Å². The molecule has 0 saturated heterocycles. The van der Waals surface area contributed by atoms with Crippen molar-refractivity contribution in [3.63, 3.8) is 0 Å². The Kier molecular flexibility index (Phi) is 5.35. The molecular weight excluding hydrogens is 388 g/mol. The number of carbonyl (C=O) groups is 1. The zero-order valence-electron chi connectivity index (χ0n) is 13.9. The van der Waals surface area contributed by atoms with E-state index in [1.807, 2.05) is 29.0 Å². The first kappa shape index (κ1) is 17.4. The number of benzene rings is 1. The number of rotatable bonds is 6. The lowest BCUT2D eigenvalue weighted by atomic mass is 10.1. The summed E-state index contributed by atoms with van der Waals surface area (Å²) in [6.07, 6.45) is 3.67.